The number of hydrogen-bond acceptors (Lipinski definition) is 2. The minimum Gasteiger partial charge on any atom is -0.394 e. The van der Waals surface area contributed by atoms with Crippen molar-refractivity contribution < 1.29 is 5.11 Å². The van der Waals surface area contributed by atoms with Gasteiger partial charge in [0.25, 0.3) is 0 Å². The molecule has 1 aliphatic carbocycles. The van der Waals surface area contributed by atoms with Crippen molar-refractivity contribution in [1.82, 2.24) is 0 Å². The first-order chi connectivity index (χ1) is 8.55. The summed E-state index contributed by atoms with van der Waals surface area (Å²) in [5.41, 5.74) is 0.930. The number of rotatable bonds is 3. The van der Waals surface area contributed by atoms with E-state index in [1.807, 2.05) is 12.1 Å². The fourth-order valence-electron chi connectivity index (χ4n) is 2.99. The Hall–Kier alpha value is -0.540. The molecule has 3 atom stereocenters. The van der Waals surface area contributed by atoms with E-state index < -0.39 is 0 Å². The van der Waals surface area contributed by atoms with E-state index in [1.165, 1.54) is 12.8 Å². The van der Waals surface area contributed by atoms with Crippen molar-refractivity contribution in [2.24, 2.45) is 11.8 Å². The molecule has 2 N–H and O–H groups in total. The SMILES string of the molecule is CC1CCC(C)C(CO)(Nc2ccc(Br)cc2)C1. The molecule has 1 saturated carbocycles. The van der Waals surface area contributed by atoms with Crippen LogP contribution in [0, 0.1) is 11.8 Å². The van der Waals surface area contributed by atoms with Crippen LogP contribution < -0.4 is 5.32 Å². The molecule has 1 aliphatic rings. The lowest BCUT2D eigenvalue weighted by atomic mass is 9.70. The van der Waals surface area contributed by atoms with E-state index in [-0.39, 0.29) is 12.1 Å². The van der Waals surface area contributed by atoms with Gasteiger partial charge in [0, 0.05) is 10.2 Å². The van der Waals surface area contributed by atoms with Crippen LogP contribution in [0.4, 0.5) is 5.69 Å². The minimum absolute atomic E-state index is 0.161. The van der Waals surface area contributed by atoms with E-state index in [9.17, 15) is 5.11 Å². The van der Waals surface area contributed by atoms with Gasteiger partial charge in [0.1, 0.15) is 0 Å². The van der Waals surface area contributed by atoms with Crippen LogP contribution in [-0.4, -0.2) is 17.3 Å². The summed E-state index contributed by atoms with van der Waals surface area (Å²) >= 11 is 3.45. The van der Waals surface area contributed by atoms with E-state index in [4.69, 9.17) is 0 Å². The second-order valence-corrected chi connectivity index (χ2v) is 6.65. The topological polar surface area (TPSA) is 32.3 Å². The second-order valence-electron chi connectivity index (χ2n) is 5.73. The Morgan fingerprint density at radius 2 is 1.94 bits per heavy atom. The number of anilines is 1. The zero-order chi connectivity index (χ0) is 13.2. The van der Waals surface area contributed by atoms with Crippen molar-refractivity contribution in [2.45, 2.75) is 38.6 Å². The van der Waals surface area contributed by atoms with Crippen molar-refractivity contribution in [3.63, 3.8) is 0 Å². The van der Waals surface area contributed by atoms with E-state index in [2.05, 4.69) is 47.2 Å². The van der Waals surface area contributed by atoms with Gasteiger partial charge in [-0.2, -0.15) is 0 Å². The van der Waals surface area contributed by atoms with Gasteiger partial charge in [-0.1, -0.05) is 36.2 Å². The van der Waals surface area contributed by atoms with Crippen molar-refractivity contribution in [2.75, 3.05) is 11.9 Å². The summed E-state index contributed by atoms with van der Waals surface area (Å²) in [5.74, 6) is 1.18. The Balaban J connectivity index is 2.18. The fraction of sp³-hybridized carbons (Fsp3) is 0.600. The van der Waals surface area contributed by atoms with Gasteiger partial charge in [-0.25, -0.2) is 0 Å². The smallest absolute Gasteiger partial charge is 0.0664 e. The van der Waals surface area contributed by atoms with Crippen molar-refractivity contribution in [3.05, 3.63) is 28.7 Å². The molecule has 1 fully saturated rings. The standard InChI is InChI=1S/C15H22BrNO/c1-11-3-4-12(2)15(9-11,10-18)17-14-7-5-13(16)6-8-14/h5-8,11-12,17-18H,3-4,9-10H2,1-2H3. The summed E-state index contributed by atoms with van der Waals surface area (Å²) in [4.78, 5) is 0. The third kappa shape index (κ3) is 2.89. The molecule has 0 heterocycles. The highest BCUT2D eigenvalue weighted by Crippen LogP contribution is 2.39. The number of aliphatic hydroxyl groups is 1. The molecule has 2 nitrogen and oxygen atoms in total. The zero-order valence-corrected chi connectivity index (χ0v) is 12.7. The molecule has 2 rings (SSSR count). The average molecular weight is 312 g/mol. The molecular weight excluding hydrogens is 290 g/mol. The zero-order valence-electron chi connectivity index (χ0n) is 11.1. The quantitative estimate of drug-likeness (QED) is 0.882. The summed E-state index contributed by atoms with van der Waals surface area (Å²) in [6.07, 6.45) is 3.50. The molecule has 100 valence electrons. The largest absolute Gasteiger partial charge is 0.394 e. The van der Waals surface area contributed by atoms with Gasteiger partial charge in [-0.15, -0.1) is 0 Å². The van der Waals surface area contributed by atoms with Crippen LogP contribution in [0.25, 0.3) is 0 Å². The summed E-state index contributed by atoms with van der Waals surface area (Å²) in [7, 11) is 0. The maximum Gasteiger partial charge on any atom is 0.0664 e. The van der Waals surface area contributed by atoms with Crippen molar-refractivity contribution in [1.29, 1.82) is 0 Å². The van der Waals surface area contributed by atoms with Crippen LogP contribution >= 0.6 is 15.9 Å². The molecule has 18 heavy (non-hydrogen) atoms. The van der Waals surface area contributed by atoms with Gasteiger partial charge >= 0.3 is 0 Å². The molecule has 3 heteroatoms. The van der Waals surface area contributed by atoms with E-state index in [1.54, 1.807) is 0 Å². The third-order valence-electron chi connectivity index (χ3n) is 4.27. The number of hydrogen-bond donors (Lipinski definition) is 2. The minimum atomic E-state index is -0.161. The predicted octanol–water partition coefficient (Wildman–Crippen LogP) is 4.05. The average Bonchev–Trinajstić information content (AvgIpc) is 2.37. The summed E-state index contributed by atoms with van der Waals surface area (Å²) < 4.78 is 1.08. The van der Waals surface area contributed by atoms with Crippen LogP contribution in [0.3, 0.4) is 0 Å². The molecule has 0 bridgehead atoms. The summed E-state index contributed by atoms with van der Waals surface area (Å²) in [6.45, 7) is 4.72. The summed E-state index contributed by atoms with van der Waals surface area (Å²) in [6, 6.07) is 8.19. The van der Waals surface area contributed by atoms with Crippen LogP contribution in [0.5, 0.6) is 0 Å². The molecule has 3 unspecified atom stereocenters. The molecule has 0 saturated heterocycles. The number of benzene rings is 1. The monoisotopic (exact) mass is 311 g/mol. The Morgan fingerprint density at radius 1 is 1.28 bits per heavy atom. The lowest BCUT2D eigenvalue weighted by Crippen LogP contribution is -2.51. The van der Waals surface area contributed by atoms with Gasteiger partial charge in [-0.05, 0) is 48.9 Å². The molecule has 1 aromatic rings. The molecule has 0 amide bonds. The van der Waals surface area contributed by atoms with Crippen LogP contribution in [0.2, 0.25) is 0 Å². The van der Waals surface area contributed by atoms with Crippen LogP contribution in [0.1, 0.15) is 33.1 Å². The third-order valence-corrected chi connectivity index (χ3v) is 4.80. The predicted molar refractivity (Wildman–Crippen MR) is 79.8 cm³/mol. The van der Waals surface area contributed by atoms with Gasteiger partial charge in [0.05, 0.1) is 12.1 Å². The Kier molecular flexibility index (Phi) is 4.33. The molecular formula is C15H22BrNO. The van der Waals surface area contributed by atoms with Gasteiger partial charge in [-0.3, -0.25) is 0 Å². The highest BCUT2D eigenvalue weighted by atomic mass is 79.9. The van der Waals surface area contributed by atoms with Gasteiger partial charge in [0.2, 0.25) is 0 Å². The Labute approximate surface area is 118 Å². The molecule has 0 aliphatic heterocycles. The normalized spacial score (nSPS) is 32.2. The van der Waals surface area contributed by atoms with Gasteiger partial charge < -0.3 is 10.4 Å². The highest BCUT2D eigenvalue weighted by Gasteiger charge is 2.40. The van der Waals surface area contributed by atoms with E-state index in [0.717, 1.165) is 16.6 Å². The fourth-order valence-corrected chi connectivity index (χ4v) is 3.26. The number of halogens is 1. The van der Waals surface area contributed by atoms with E-state index >= 15 is 0 Å². The highest BCUT2D eigenvalue weighted by molar-refractivity contribution is 9.10. The second kappa shape index (κ2) is 5.62. The van der Waals surface area contributed by atoms with Crippen molar-refractivity contribution in [3.8, 4) is 0 Å². The maximum absolute atomic E-state index is 9.87. The Morgan fingerprint density at radius 3 is 2.56 bits per heavy atom. The molecule has 0 spiro atoms. The van der Waals surface area contributed by atoms with Crippen LogP contribution in [-0.2, 0) is 0 Å². The lowest BCUT2D eigenvalue weighted by molar-refractivity contribution is 0.103. The van der Waals surface area contributed by atoms with Gasteiger partial charge in [0.15, 0.2) is 0 Å². The first kappa shape index (κ1) is 13.9. The van der Waals surface area contributed by atoms with Crippen LogP contribution in [0.15, 0.2) is 28.7 Å². The maximum atomic E-state index is 9.87. The lowest BCUT2D eigenvalue weighted by Gasteiger charge is -2.45. The summed E-state index contributed by atoms with van der Waals surface area (Å²) in [5, 5.41) is 13.5. The molecule has 1 aromatic carbocycles. The first-order valence-corrected chi connectivity index (χ1v) is 7.49. The number of nitrogens with one attached hydrogen (secondary N) is 1. The number of aliphatic hydroxyl groups excluding tert-OH is 1. The Bertz CT molecular complexity index is 392. The van der Waals surface area contributed by atoms with E-state index in [0.29, 0.717) is 11.8 Å². The van der Waals surface area contributed by atoms with Crippen molar-refractivity contribution >= 4 is 21.6 Å². The molecule has 0 radical (unpaired) electrons. The molecule has 0 aromatic heterocycles. The first-order valence-electron chi connectivity index (χ1n) is 6.70.